The standard InChI is InChI=1S/C12H14Br2N2O/c13-8-2-3-10(9(14)6-8)16-11(17)7-12(15)4-1-5-12/h2-3,6H,1,4-5,7,15H2,(H,16,17). The predicted molar refractivity (Wildman–Crippen MR) is 75.9 cm³/mol. The molecule has 1 saturated carbocycles. The molecule has 2 rings (SSSR count). The number of halogens is 2. The SMILES string of the molecule is NC1(CC(=O)Nc2ccc(Br)cc2Br)CCC1. The Labute approximate surface area is 117 Å². The molecule has 3 N–H and O–H groups in total. The summed E-state index contributed by atoms with van der Waals surface area (Å²) in [5.41, 5.74) is 6.55. The number of amides is 1. The van der Waals surface area contributed by atoms with Gasteiger partial charge < -0.3 is 11.1 Å². The maximum atomic E-state index is 11.8. The molecule has 0 heterocycles. The minimum Gasteiger partial charge on any atom is -0.325 e. The normalized spacial score (nSPS) is 17.4. The average Bonchev–Trinajstić information content (AvgIpc) is 2.20. The Hall–Kier alpha value is -0.390. The summed E-state index contributed by atoms with van der Waals surface area (Å²) in [5.74, 6) is -0.0183. The van der Waals surface area contributed by atoms with Crippen LogP contribution in [0.15, 0.2) is 27.1 Å². The summed E-state index contributed by atoms with van der Waals surface area (Å²) in [5, 5.41) is 2.88. The Morgan fingerprint density at radius 3 is 2.65 bits per heavy atom. The third-order valence-corrected chi connectivity index (χ3v) is 4.22. The highest BCUT2D eigenvalue weighted by atomic mass is 79.9. The smallest absolute Gasteiger partial charge is 0.226 e. The van der Waals surface area contributed by atoms with E-state index in [0.29, 0.717) is 6.42 Å². The van der Waals surface area contributed by atoms with Gasteiger partial charge in [0.1, 0.15) is 0 Å². The number of anilines is 1. The van der Waals surface area contributed by atoms with Crippen LogP contribution in [0, 0.1) is 0 Å². The molecular formula is C12H14Br2N2O. The van der Waals surface area contributed by atoms with Gasteiger partial charge >= 0.3 is 0 Å². The molecule has 0 saturated heterocycles. The van der Waals surface area contributed by atoms with Crippen molar-refractivity contribution in [2.24, 2.45) is 5.73 Å². The quantitative estimate of drug-likeness (QED) is 0.866. The molecule has 0 spiro atoms. The number of hydrogen-bond donors (Lipinski definition) is 2. The summed E-state index contributed by atoms with van der Waals surface area (Å²) >= 11 is 6.78. The van der Waals surface area contributed by atoms with Gasteiger partial charge in [0.25, 0.3) is 0 Å². The lowest BCUT2D eigenvalue weighted by Gasteiger charge is -2.37. The van der Waals surface area contributed by atoms with Crippen molar-refractivity contribution in [3.8, 4) is 0 Å². The summed E-state index contributed by atoms with van der Waals surface area (Å²) in [6.45, 7) is 0. The molecule has 0 aromatic heterocycles. The number of benzene rings is 1. The molecular weight excluding hydrogens is 348 g/mol. The molecule has 0 unspecified atom stereocenters. The summed E-state index contributed by atoms with van der Waals surface area (Å²) in [7, 11) is 0. The van der Waals surface area contributed by atoms with Gasteiger partial charge in [0.05, 0.1) is 5.69 Å². The van der Waals surface area contributed by atoms with Crippen LogP contribution in [-0.4, -0.2) is 11.4 Å². The highest BCUT2D eigenvalue weighted by molar-refractivity contribution is 9.11. The Bertz CT molecular complexity index is 444. The van der Waals surface area contributed by atoms with E-state index in [4.69, 9.17) is 5.73 Å². The van der Waals surface area contributed by atoms with E-state index in [1.807, 2.05) is 18.2 Å². The average molecular weight is 362 g/mol. The van der Waals surface area contributed by atoms with E-state index < -0.39 is 0 Å². The molecule has 0 bridgehead atoms. The maximum Gasteiger partial charge on any atom is 0.226 e. The second-order valence-corrected chi connectivity index (χ2v) is 6.34. The molecule has 1 amide bonds. The van der Waals surface area contributed by atoms with E-state index in [9.17, 15) is 4.79 Å². The number of carbonyl (C=O) groups is 1. The predicted octanol–water partition coefficient (Wildman–Crippen LogP) is 3.42. The van der Waals surface area contributed by atoms with Crippen molar-refractivity contribution in [1.29, 1.82) is 0 Å². The lowest BCUT2D eigenvalue weighted by atomic mass is 9.75. The fourth-order valence-electron chi connectivity index (χ4n) is 1.91. The van der Waals surface area contributed by atoms with Crippen molar-refractivity contribution < 1.29 is 4.79 Å². The zero-order valence-corrected chi connectivity index (χ0v) is 12.5. The van der Waals surface area contributed by atoms with Gasteiger partial charge in [-0.2, -0.15) is 0 Å². The van der Waals surface area contributed by atoms with Gasteiger partial charge in [-0.1, -0.05) is 15.9 Å². The molecule has 5 heteroatoms. The third-order valence-electron chi connectivity index (χ3n) is 3.07. The molecule has 1 fully saturated rings. The van der Waals surface area contributed by atoms with E-state index in [1.165, 1.54) is 0 Å². The molecule has 0 radical (unpaired) electrons. The van der Waals surface area contributed by atoms with Crippen LogP contribution in [0.3, 0.4) is 0 Å². The topological polar surface area (TPSA) is 55.1 Å². The Kier molecular flexibility index (Phi) is 3.90. The minimum atomic E-state index is -0.272. The Morgan fingerprint density at radius 2 is 2.12 bits per heavy atom. The molecule has 0 aliphatic heterocycles. The lowest BCUT2D eigenvalue weighted by Crippen LogP contribution is -2.48. The first-order valence-corrected chi connectivity index (χ1v) is 7.11. The van der Waals surface area contributed by atoms with E-state index in [0.717, 1.165) is 33.9 Å². The first-order valence-electron chi connectivity index (χ1n) is 5.52. The van der Waals surface area contributed by atoms with E-state index >= 15 is 0 Å². The van der Waals surface area contributed by atoms with Crippen LogP contribution in [0.2, 0.25) is 0 Å². The van der Waals surface area contributed by atoms with Crippen LogP contribution in [0.4, 0.5) is 5.69 Å². The highest BCUT2D eigenvalue weighted by Crippen LogP contribution is 2.33. The van der Waals surface area contributed by atoms with Gasteiger partial charge in [0, 0.05) is 20.9 Å². The monoisotopic (exact) mass is 360 g/mol. The summed E-state index contributed by atoms with van der Waals surface area (Å²) in [6.07, 6.45) is 3.42. The molecule has 92 valence electrons. The van der Waals surface area contributed by atoms with E-state index in [-0.39, 0.29) is 11.4 Å². The molecule has 0 atom stereocenters. The van der Waals surface area contributed by atoms with Crippen LogP contribution >= 0.6 is 31.9 Å². The molecule has 1 aliphatic carbocycles. The van der Waals surface area contributed by atoms with Crippen LogP contribution in [0.25, 0.3) is 0 Å². The largest absolute Gasteiger partial charge is 0.325 e. The molecule has 17 heavy (non-hydrogen) atoms. The van der Waals surface area contributed by atoms with E-state index in [2.05, 4.69) is 37.2 Å². The fourth-order valence-corrected chi connectivity index (χ4v) is 3.06. The minimum absolute atomic E-state index is 0.0183. The van der Waals surface area contributed by atoms with Gasteiger partial charge in [0.15, 0.2) is 0 Å². The number of carbonyl (C=O) groups excluding carboxylic acids is 1. The zero-order valence-electron chi connectivity index (χ0n) is 9.30. The molecule has 1 aliphatic rings. The zero-order chi connectivity index (χ0) is 12.5. The lowest BCUT2D eigenvalue weighted by molar-refractivity contribution is -0.118. The van der Waals surface area contributed by atoms with Crippen LogP contribution in [0.5, 0.6) is 0 Å². The first kappa shape index (κ1) is 13.1. The van der Waals surface area contributed by atoms with Crippen molar-refractivity contribution in [2.75, 3.05) is 5.32 Å². The molecule has 1 aromatic rings. The third kappa shape index (κ3) is 3.30. The van der Waals surface area contributed by atoms with Gasteiger partial charge in [0.2, 0.25) is 5.91 Å². The van der Waals surface area contributed by atoms with Crippen molar-refractivity contribution in [3.05, 3.63) is 27.1 Å². The van der Waals surface area contributed by atoms with Crippen molar-refractivity contribution in [2.45, 2.75) is 31.2 Å². The molecule has 1 aromatic carbocycles. The van der Waals surface area contributed by atoms with Crippen molar-refractivity contribution in [1.82, 2.24) is 0 Å². The van der Waals surface area contributed by atoms with Gasteiger partial charge in [-0.3, -0.25) is 4.79 Å². The molecule has 3 nitrogen and oxygen atoms in total. The van der Waals surface area contributed by atoms with Gasteiger partial charge in [-0.25, -0.2) is 0 Å². The van der Waals surface area contributed by atoms with E-state index in [1.54, 1.807) is 0 Å². The maximum absolute atomic E-state index is 11.8. The Balaban J connectivity index is 1.98. The fraction of sp³-hybridized carbons (Fsp3) is 0.417. The van der Waals surface area contributed by atoms with Gasteiger partial charge in [-0.15, -0.1) is 0 Å². The number of hydrogen-bond acceptors (Lipinski definition) is 2. The highest BCUT2D eigenvalue weighted by Gasteiger charge is 2.34. The summed E-state index contributed by atoms with van der Waals surface area (Å²) in [4.78, 5) is 11.8. The number of nitrogens with one attached hydrogen (secondary N) is 1. The van der Waals surface area contributed by atoms with Crippen LogP contribution in [-0.2, 0) is 4.79 Å². The van der Waals surface area contributed by atoms with Gasteiger partial charge in [-0.05, 0) is 53.4 Å². The van der Waals surface area contributed by atoms with Crippen LogP contribution in [0.1, 0.15) is 25.7 Å². The number of nitrogens with two attached hydrogens (primary N) is 1. The van der Waals surface area contributed by atoms with Crippen molar-refractivity contribution in [3.63, 3.8) is 0 Å². The van der Waals surface area contributed by atoms with Crippen LogP contribution < -0.4 is 11.1 Å². The second-order valence-electron chi connectivity index (χ2n) is 4.57. The summed E-state index contributed by atoms with van der Waals surface area (Å²) in [6, 6.07) is 5.65. The summed E-state index contributed by atoms with van der Waals surface area (Å²) < 4.78 is 1.83. The van der Waals surface area contributed by atoms with Crippen molar-refractivity contribution >= 4 is 43.5 Å². The first-order chi connectivity index (χ1) is 7.98. The Morgan fingerprint density at radius 1 is 1.41 bits per heavy atom. The second kappa shape index (κ2) is 5.08. The number of rotatable bonds is 3.